The minimum absolute atomic E-state index is 0.0420. The Kier molecular flexibility index (Phi) is 6.08. The lowest BCUT2D eigenvalue weighted by atomic mass is 9.98. The number of carbonyl (C=O) groups is 1. The molecule has 3 rings (SSSR count). The van der Waals surface area contributed by atoms with Crippen molar-refractivity contribution in [2.45, 2.75) is 30.0 Å². The van der Waals surface area contributed by atoms with Crippen molar-refractivity contribution in [3.8, 4) is 11.5 Å². The van der Waals surface area contributed by atoms with Gasteiger partial charge in [-0.05, 0) is 48.7 Å². The van der Waals surface area contributed by atoms with Crippen LogP contribution in [0, 0.1) is 10.1 Å². The van der Waals surface area contributed by atoms with Crippen LogP contribution in [0.15, 0.2) is 41.3 Å². The minimum atomic E-state index is -0.433. The van der Waals surface area contributed by atoms with Crippen LogP contribution in [-0.2, 0) is 17.8 Å². The Bertz CT molecular complexity index is 885. The summed E-state index contributed by atoms with van der Waals surface area (Å²) in [5.41, 5.74) is 2.27. The molecule has 7 nitrogen and oxygen atoms in total. The maximum atomic E-state index is 12.9. The van der Waals surface area contributed by atoms with E-state index >= 15 is 0 Å². The summed E-state index contributed by atoms with van der Waals surface area (Å²) in [6.45, 7) is 3.03. The zero-order valence-corrected chi connectivity index (χ0v) is 16.8. The molecule has 0 fully saturated rings. The van der Waals surface area contributed by atoms with Crippen LogP contribution >= 0.6 is 11.8 Å². The molecule has 0 bridgehead atoms. The van der Waals surface area contributed by atoms with Crippen LogP contribution in [-0.4, -0.2) is 41.7 Å². The number of hydrogen-bond acceptors (Lipinski definition) is 6. The van der Waals surface area contributed by atoms with Crippen molar-refractivity contribution in [1.29, 1.82) is 0 Å². The van der Waals surface area contributed by atoms with E-state index in [1.54, 1.807) is 26.4 Å². The number of non-ortho nitro benzene ring substituents is 1. The highest BCUT2D eigenvalue weighted by Crippen LogP contribution is 2.34. The van der Waals surface area contributed by atoms with Gasteiger partial charge in [-0.15, -0.1) is 11.8 Å². The van der Waals surface area contributed by atoms with E-state index in [1.165, 1.54) is 23.9 Å². The van der Waals surface area contributed by atoms with Crippen LogP contribution in [0.25, 0.3) is 0 Å². The summed E-state index contributed by atoms with van der Waals surface area (Å²) < 4.78 is 10.7. The maximum absolute atomic E-state index is 12.9. The Labute approximate surface area is 167 Å². The quantitative estimate of drug-likeness (QED) is 0.416. The SMILES string of the molecule is COc1cc2c(cc1OC)CN(C(=O)[C@@H](C)Sc1ccc([N+](=O)[O-])cc1)CC2. The fourth-order valence-electron chi connectivity index (χ4n) is 3.23. The lowest BCUT2D eigenvalue weighted by Crippen LogP contribution is -2.40. The number of rotatable bonds is 6. The number of ether oxygens (including phenoxy) is 2. The molecule has 1 heterocycles. The first kappa shape index (κ1) is 20.0. The third-order valence-electron chi connectivity index (χ3n) is 4.74. The van der Waals surface area contributed by atoms with E-state index in [9.17, 15) is 14.9 Å². The highest BCUT2D eigenvalue weighted by Gasteiger charge is 2.26. The standard InChI is InChI=1S/C20H22N2O5S/c1-13(28-17-6-4-16(5-7-17)22(24)25)20(23)21-9-8-14-10-18(26-2)19(27-3)11-15(14)12-21/h4-7,10-11,13H,8-9,12H2,1-3H3/t13-/m1/s1. The lowest BCUT2D eigenvalue weighted by molar-refractivity contribution is -0.384. The molecule has 0 radical (unpaired) electrons. The molecule has 1 aliphatic rings. The molecular formula is C20H22N2O5S. The molecule has 0 aliphatic carbocycles. The number of nitrogens with zero attached hydrogens (tertiary/aromatic N) is 2. The van der Waals surface area contributed by atoms with Crippen LogP contribution in [0.1, 0.15) is 18.1 Å². The Morgan fingerprint density at radius 2 is 1.75 bits per heavy atom. The predicted molar refractivity (Wildman–Crippen MR) is 107 cm³/mol. The molecule has 0 saturated heterocycles. The van der Waals surface area contributed by atoms with E-state index in [-0.39, 0.29) is 16.8 Å². The van der Waals surface area contributed by atoms with Gasteiger partial charge < -0.3 is 14.4 Å². The van der Waals surface area contributed by atoms with Gasteiger partial charge in [-0.3, -0.25) is 14.9 Å². The highest BCUT2D eigenvalue weighted by atomic mass is 32.2. The summed E-state index contributed by atoms with van der Waals surface area (Å²) in [6, 6.07) is 10.2. The van der Waals surface area contributed by atoms with Crippen LogP contribution in [0.4, 0.5) is 5.69 Å². The Morgan fingerprint density at radius 1 is 1.14 bits per heavy atom. The molecule has 148 valence electrons. The van der Waals surface area contributed by atoms with Crippen molar-refractivity contribution in [2.75, 3.05) is 20.8 Å². The van der Waals surface area contributed by atoms with Gasteiger partial charge in [0.1, 0.15) is 0 Å². The van der Waals surface area contributed by atoms with Gasteiger partial charge in [-0.1, -0.05) is 0 Å². The first-order chi connectivity index (χ1) is 13.4. The molecule has 1 amide bonds. The van der Waals surface area contributed by atoms with Crippen LogP contribution in [0.3, 0.4) is 0 Å². The predicted octanol–water partition coefficient (Wildman–Crippen LogP) is 3.68. The van der Waals surface area contributed by atoms with E-state index in [1.807, 2.05) is 24.0 Å². The van der Waals surface area contributed by atoms with Gasteiger partial charge in [-0.2, -0.15) is 0 Å². The molecule has 28 heavy (non-hydrogen) atoms. The lowest BCUT2D eigenvalue weighted by Gasteiger charge is -2.31. The zero-order valence-electron chi connectivity index (χ0n) is 16.0. The molecule has 0 spiro atoms. The van der Waals surface area contributed by atoms with Crippen LogP contribution in [0.2, 0.25) is 0 Å². The smallest absolute Gasteiger partial charge is 0.269 e. The van der Waals surface area contributed by atoms with Gasteiger partial charge in [0.05, 0.1) is 24.4 Å². The minimum Gasteiger partial charge on any atom is -0.493 e. The fraction of sp³-hybridized carbons (Fsp3) is 0.350. The van der Waals surface area contributed by atoms with Gasteiger partial charge in [0.25, 0.3) is 5.69 Å². The molecule has 2 aromatic carbocycles. The summed E-state index contributed by atoms with van der Waals surface area (Å²) >= 11 is 1.40. The summed E-state index contributed by atoms with van der Waals surface area (Å²) in [4.78, 5) is 25.9. The highest BCUT2D eigenvalue weighted by molar-refractivity contribution is 8.00. The molecule has 0 unspecified atom stereocenters. The third-order valence-corrected chi connectivity index (χ3v) is 5.84. The first-order valence-electron chi connectivity index (χ1n) is 8.86. The van der Waals surface area contributed by atoms with Crippen molar-refractivity contribution in [1.82, 2.24) is 4.90 Å². The maximum Gasteiger partial charge on any atom is 0.269 e. The fourth-order valence-corrected chi connectivity index (χ4v) is 4.18. The molecule has 2 aromatic rings. The first-order valence-corrected chi connectivity index (χ1v) is 9.74. The van der Waals surface area contributed by atoms with Crippen molar-refractivity contribution < 1.29 is 19.2 Å². The average molecular weight is 402 g/mol. The van der Waals surface area contributed by atoms with E-state index in [0.717, 1.165) is 22.4 Å². The Morgan fingerprint density at radius 3 is 2.32 bits per heavy atom. The van der Waals surface area contributed by atoms with E-state index in [0.29, 0.717) is 24.6 Å². The summed E-state index contributed by atoms with van der Waals surface area (Å²) in [5, 5.41) is 10.5. The van der Waals surface area contributed by atoms with Gasteiger partial charge >= 0.3 is 0 Å². The largest absolute Gasteiger partial charge is 0.493 e. The number of methoxy groups -OCH3 is 2. The van der Waals surface area contributed by atoms with Crippen LogP contribution < -0.4 is 9.47 Å². The van der Waals surface area contributed by atoms with Gasteiger partial charge in [0, 0.05) is 30.1 Å². The summed E-state index contributed by atoms with van der Waals surface area (Å²) in [6.07, 6.45) is 0.760. The molecule has 8 heteroatoms. The molecular weight excluding hydrogens is 380 g/mol. The second kappa shape index (κ2) is 8.52. The second-order valence-electron chi connectivity index (χ2n) is 6.50. The molecule has 0 aromatic heterocycles. The normalized spacial score (nSPS) is 14.2. The number of nitro benzene ring substituents is 1. The number of benzene rings is 2. The molecule has 0 N–H and O–H groups in total. The zero-order chi connectivity index (χ0) is 20.3. The van der Waals surface area contributed by atoms with Crippen molar-refractivity contribution in [3.05, 3.63) is 57.6 Å². The van der Waals surface area contributed by atoms with Crippen molar-refractivity contribution in [2.24, 2.45) is 0 Å². The number of nitro groups is 1. The van der Waals surface area contributed by atoms with Crippen molar-refractivity contribution in [3.63, 3.8) is 0 Å². The topological polar surface area (TPSA) is 81.9 Å². The van der Waals surface area contributed by atoms with E-state index in [2.05, 4.69) is 0 Å². The molecule has 0 saturated carbocycles. The number of thioether (sulfide) groups is 1. The molecule has 1 aliphatic heterocycles. The number of hydrogen-bond donors (Lipinski definition) is 0. The van der Waals surface area contributed by atoms with Crippen LogP contribution in [0.5, 0.6) is 11.5 Å². The second-order valence-corrected chi connectivity index (χ2v) is 7.91. The van der Waals surface area contributed by atoms with E-state index in [4.69, 9.17) is 9.47 Å². The Hall–Kier alpha value is -2.74. The molecule has 1 atom stereocenters. The number of carbonyl (C=O) groups excluding carboxylic acids is 1. The van der Waals surface area contributed by atoms with Crippen molar-refractivity contribution >= 4 is 23.4 Å². The van der Waals surface area contributed by atoms with Gasteiger partial charge in [0.15, 0.2) is 11.5 Å². The third kappa shape index (κ3) is 4.22. The number of amides is 1. The summed E-state index contributed by atoms with van der Waals surface area (Å²) in [5.74, 6) is 1.40. The van der Waals surface area contributed by atoms with Gasteiger partial charge in [-0.25, -0.2) is 0 Å². The van der Waals surface area contributed by atoms with Gasteiger partial charge in [0.2, 0.25) is 5.91 Å². The number of fused-ring (bicyclic) bond motifs is 1. The monoisotopic (exact) mass is 402 g/mol. The van der Waals surface area contributed by atoms with E-state index < -0.39 is 4.92 Å². The summed E-state index contributed by atoms with van der Waals surface area (Å²) in [7, 11) is 3.21. The Balaban J connectivity index is 1.68. The average Bonchev–Trinajstić information content (AvgIpc) is 2.71.